The van der Waals surface area contributed by atoms with Crippen LogP contribution in [-0.4, -0.2) is 16.7 Å². The Morgan fingerprint density at radius 3 is 2.67 bits per heavy atom. The summed E-state index contributed by atoms with van der Waals surface area (Å²) in [6.45, 7) is 0. The maximum Gasteiger partial charge on any atom is 0.255 e. The van der Waals surface area contributed by atoms with Gasteiger partial charge in [0.2, 0.25) is 0 Å². The molecule has 0 spiro atoms. The number of nitrogens with zero attached hydrogens (tertiary/aromatic N) is 1. The molecule has 0 aliphatic heterocycles. The smallest absolute Gasteiger partial charge is 0.255 e. The second kappa shape index (κ2) is 5.28. The molecule has 0 saturated heterocycles. The molecule has 18 heavy (non-hydrogen) atoms. The Kier molecular flexibility index (Phi) is 3.54. The van der Waals surface area contributed by atoms with Gasteiger partial charge in [-0.3, -0.25) is 15.5 Å². The Morgan fingerprint density at radius 2 is 2.00 bits per heavy atom. The van der Waals surface area contributed by atoms with E-state index in [0.717, 1.165) is 5.56 Å². The van der Waals surface area contributed by atoms with Crippen LogP contribution in [0.25, 0.3) is 0 Å². The molecule has 0 amide bonds. The summed E-state index contributed by atoms with van der Waals surface area (Å²) in [5, 5.41) is 18.6. The van der Waals surface area contributed by atoms with Crippen LogP contribution in [0.3, 0.4) is 0 Å². The average molecular weight is 240 g/mol. The van der Waals surface area contributed by atoms with Crippen molar-refractivity contribution >= 4 is 5.71 Å². The van der Waals surface area contributed by atoms with Gasteiger partial charge >= 0.3 is 0 Å². The molecular weight excluding hydrogens is 228 g/mol. The zero-order valence-electron chi connectivity index (χ0n) is 9.72. The molecule has 1 unspecified atom stereocenters. The molecule has 4 nitrogen and oxygen atoms in total. The molecular formula is C14H12N2O2. The van der Waals surface area contributed by atoms with Crippen molar-refractivity contribution in [1.29, 1.82) is 5.41 Å². The lowest BCUT2D eigenvalue weighted by atomic mass is 9.93. The van der Waals surface area contributed by atoms with E-state index in [1.54, 1.807) is 6.08 Å². The maximum atomic E-state index is 10.8. The highest BCUT2D eigenvalue weighted by Crippen LogP contribution is 2.17. The van der Waals surface area contributed by atoms with E-state index in [-0.39, 0.29) is 5.71 Å². The van der Waals surface area contributed by atoms with Crippen molar-refractivity contribution in [3.05, 3.63) is 57.7 Å². The van der Waals surface area contributed by atoms with Crippen LogP contribution in [0.1, 0.15) is 18.4 Å². The van der Waals surface area contributed by atoms with E-state index in [4.69, 9.17) is 5.41 Å². The molecule has 0 aromatic heterocycles. The molecule has 0 fully saturated rings. The van der Waals surface area contributed by atoms with Gasteiger partial charge in [0.1, 0.15) is 5.71 Å². The normalized spacial score (nSPS) is 18.6. The zero-order chi connectivity index (χ0) is 13.0. The molecule has 4 heteroatoms. The highest BCUT2D eigenvalue weighted by Gasteiger charge is 2.30. The quantitative estimate of drug-likeness (QED) is 0.465. The second-order valence-electron chi connectivity index (χ2n) is 4.03. The van der Waals surface area contributed by atoms with Crippen LogP contribution in [-0.2, 0) is 0 Å². The third-order valence-corrected chi connectivity index (χ3v) is 2.78. The molecule has 0 heterocycles. The molecule has 1 aromatic carbocycles. The Morgan fingerprint density at radius 1 is 1.28 bits per heavy atom. The van der Waals surface area contributed by atoms with Crippen LogP contribution in [0.2, 0.25) is 0 Å². The largest absolute Gasteiger partial charge is 0.297 e. The van der Waals surface area contributed by atoms with Crippen LogP contribution < -0.4 is 0 Å². The fourth-order valence-corrected chi connectivity index (χ4v) is 1.81. The molecule has 1 aromatic rings. The zero-order valence-corrected chi connectivity index (χ0v) is 9.72. The lowest BCUT2D eigenvalue weighted by Crippen LogP contribution is -2.32. The van der Waals surface area contributed by atoms with Crippen LogP contribution >= 0.6 is 0 Å². The predicted molar refractivity (Wildman–Crippen MR) is 69.1 cm³/mol. The SMILES string of the molecule is N=C1C(C#Cc2ccccc2)=CCCC1[N+](=O)[O-]. The topological polar surface area (TPSA) is 67.0 Å². The highest BCUT2D eigenvalue weighted by atomic mass is 16.6. The molecule has 1 N–H and O–H groups in total. The minimum absolute atomic E-state index is 0.0229. The Balaban J connectivity index is 2.20. The van der Waals surface area contributed by atoms with E-state index in [9.17, 15) is 10.1 Å². The number of hydrogen-bond acceptors (Lipinski definition) is 3. The van der Waals surface area contributed by atoms with Crippen molar-refractivity contribution in [3.63, 3.8) is 0 Å². The van der Waals surface area contributed by atoms with E-state index in [1.807, 2.05) is 30.3 Å². The molecule has 90 valence electrons. The molecule has 0 radical (unpaired) electrons. The fourth-order valence-electron chi connectivity index (χ4n) is 1.81. The summed E-state index contributed by atoms with van der Waals surface area (Å²) < 4.78 is 0. The maximum absolute atomic E-state index is 10.8. The van der Waals surface area contributed by atoms with Crippen LogP contribution in [0, 0.1) is 27.4 Å². The number of allylic oxidation sites excluding steroid dienone is 1. The number of nitrogens with one attached hydrogen (secondary N) is 1. The number of hydrogen-bond donors (Lipinski definition) is 1. The van der Waals surface area contributed by atoms with Gasteiger partial charge in [-0.15, -0.1) is 0 Å². The molecule has 2 rings (SSSR count). The van der Waals surface area contributed by atoms with Gasteiger partial charge in [0.25, 0.3) is 6.04 Å². The minimum atomic E-state index is -0.907. The van der Waals surface area contributed by atoms with Gasteiger partial charge < -0.3 is 0 Å². The lowest BCUT2D eigenvalue weighted by molar-refractivity contribution is -0.503. The highest BCUT2D eigenvalue weighted by molar-refractivity contribution is 6.05. The van der Waals surface area contributed by atoms with Gasteiger partial charge in [-0.1, -0.05) is 36.1 Å². The van der Waals surface area contributed by atoms with Gasteiger partial charge in [0.05, 0.1) is 0 Å². The fraction of sp³-hybridized carbons (Fsp3) is 0.214. The number of benzene rings is 1. The van der Waals surface area contributed by atoms with Crippen LogP contribution in [0.15, 0.2) is 42.0 Å². The van der Waals surface area contributed by atoms with Gasteiger partial charge in [-0.25, -0.2) is 0 Å². The summed E-state index contributed by atoms with van der Waals surface area (Å²) >= 11 is 0. The summed E-state index contributed by atoms with van der Waals surface area (Å²) in [5.74, 6) is 5.78. The summed E-state index contributed by atoms with van der Waals surface area (Å²) in [6.07, 6.45) is 2.80. The standard InChI is InChI=1S/C14H12N2O2/c15-14-12(7-4-8-13(14)16(17)18)10-9-11-5-2-1-3-6-11/h1-3,5-7,13,15H,4,8H2. The van der Waals surface area contributed by atoms with Crippen molar-refractivity contribution in [2.24, 2.45) is 0 Å². The van der Waals surface area contributed by atoms with Gasteiger partial charge in [0, 0.05) is 22.5 Å². The van der Waals surface area contributed by atoms with Crippen LogP contribution in [0.5, 0.6) is 0 Å². The molecule has 0 bridgehead atoms. The van der Waals surface area contributed by atoms with Crippen LogP contribution in [0.4, 0.5) is 0 Å². The van der Waals surface area contributed by atoms with Gasteiger partial charge in [-0.2, -0.15) is 0 Å². The van der Waals surface area contributed by atoms with Crippen molar-refractivity contribution in [2.45, 2.75) is 18.9 Å². The Labute approximate surface area is 105 Å². The van der Waals surface area contributed by atoms with Crippen molar-refractivity contribution in [2.75, 3.05) is 0 Å². The summed E-state index contributed by atoms with van der Waals surface area (Å²) in [4.78, 5) is 10.4. The predicted octanol–water partition coefficient (Wildman–Crippen LogP) is 2.42. The third kappa shape index (κ3) is 2.64. The first kappa shape index (κ1) is 12.1. The average Bonchev–Trinajstić information content (AvgIpc) is 2.38. The molecule has 0 saturated carbocycles. The molecule has 1 aliphatic rings. The van der Waals surface area contributed by atoms with E-state index in [2.05, 4.69) is 11.8 Å². The first-order chi connectivity index (χ1) is 8.68. The summed E-state index contributed by atoms with van der Waals surface area (Å²) in [7, 11) is 0. The van der Waals surface area contributed by atoms with Crippen molar-refractivity contribution < 1.29 is 4.92 Å². The first-order valence-electron chi connectivity index (χ1n) is 5.68. The van der Waals surface area contributed by atoms with E-state index < -0.39 is 11.0 Å². The van der Waals surface area contributed by atoms with Crippen molar-refractivity contribution in [3.8, 4) is 11.8 Å². The lowest BCUT2D eigenvalue weighted by Gasteiger charge is -2.14. The third-order valence-electron chi connectivity index (χ3n) is 2.78. The first-order valence-corrected chi connectivity index (χ1v) is 5.68. The minimum Gasteiger partial charge on any atom is -0.297 e. The van der Waals surface area contributed by atoms with Crippen molar-refractivity contribution in [1.82, 2.24) is 0 Å². The Bertz CT molecular complexity index is 564. The van der Waals surface area contributed by atoms with E-state index >= 15 is 0 Å². The monoisotopic (exact) mass is 240 g/mol. The van der Waals surface area contributed by atoms with E-state index in [0.29, 0.717) is 18.4 Å². The number of rotatable bonds is 1. The second-order valence-corrected chi connectivity index (χ2v) is 4.03. The summed E-state index contributed by atoms with van der Waals surface area (Å²) in [6, 6.07) is 8.48. The van der Waals surface area contributed by atoms with Gasteiger partial charge in [0.15, 0.2) is 0 Å². The number of nitro groups is 1. The van der Waals surface area contributed by atoms with Gasteiger partial charge in [-0.05, 0) is 18.6 Å². The molecule has 1 aliphatic carbocycles. The summed E-state index contributed by atoms with van der Waals surface area (Å²) in [5.41, 5.74) is 1.34. The van der Waals surface area contributed by atoms with E-state index in [1.165, 1.54) is 0 Å². The molecule has 1 atom stereocenters. The Hall–Kier alpha value is -2.41.